The van der Waals surface area contributed by atoms with Gasteiger partial charge < -0.3 is 14.8 Å². The number of methoxy groups -OCH3 is 1. The lowest BCUT2D eigenvalue weighted by Crippen LogP contribution is -2.33. The van der Waals surface area contributed by atoms with Crippen LogP contribution in [0.5, 0.6) is 0 Å². The molecule has 2 rings (SSSR count). The Morgan fingerprint density at radius 3 is 2.50 bits per heavy atom. The van der Waals surface area contributed by atoms with Crippen LogP contribution in [0.1, 0.15) is 102 Å². The number of rotatable bonds is 12. The SMILES string of the molecule is C=C(Nc1c(C(C)C)cccc1C(C)OC)C1CCC(CCCCCCC)OC1=O. The van der Waals surface area contributed by atoms with Crippen LogP contribution in [0.4, 0.5) is 5.69 Å². The highest BCUT2D eigenvalue weighted by Gasteiger charge is 2.32. The maximum absolute atomic E-state index is 12.7. The van der Waals surface area contributed by atoms with E-state index in [2.05, 4.69) is 50.9 Å². The monoisotopic (exact) mass is 415 g/mol. The fourth-order valence-corrected chi connectivity index (χ4v) is 4.20. The van der Waals surface area contributed by atoms with Crippen LogP contribution < -0.4 is 5.32 Å². The quantitative estimate of drug-likeness (QED) is 0.291. The van der Waals surface area contributed by atoms with Crippen LogP contribution in [0.3, 0.4) is 0 Å². The van der Waals surface area contributed by atoms with E-state index in [-0.39, 0.29) is 24.1 Å². The van der Waals surface area contributed by atoms with Crippen LogP contribution in [-0.4, -0.2) is 19.2 Å². The molecule has 1 heterocycles. The molecule has 0 spiro atoms. The van der Waals surface area contributed by atoms with Crippen molar-refractivity contribution >= 4 is 11.7 Å². The Bertz CT molecular complexity index is 698. The van der Waals surface area contributed by atoms with E-state index in [0.717, 1.165) is 42.6 Å². The second kappa shape index (κ2) is 12.1. The van der Waals surface area contributed by atoms with Gasteiger partial charge in [-0.1, -0.05) is 71.2 Å². The Balaban J connectivity index is 2.01. The van der Waals surface area contributed by atoms with E-state index in [1.807, 2.05) is 6.92 Å². The number of unbranched alkanes of at least 4 members (excludes halogenated alkanes) is 4. The van der Waals surface area contributed by atoms with Gasteiger partial charge in [0.2, 0.25) is 0 Å². The highest BCUT2D eigenvalue weighted by molar-refractivity contribution is 5.78. The summed E-state index contributed by atoms with van der Waals surface area (Å²) in [5, 5.41) is 3.48. The Morgan fingerprint density at radius 1 is 1.17 bits per heavy atom. The standard InChI is InChI=1S/C26H41NO3/c1-7-8-9-10-11-13-21-16-17-23(26(28)30-21)19(4)27-25-22(18(2)3)14-12-15-24(25)20(5)29-6/h12,14-15,18,20-21,23,27H,4,7-11,13,16-17H2,1-3,5-6H3. The van der Waals surface area contributed by atoms with Gasteiger partial charge in [0.05, 0.1) is 12.0 Å². The number of hydrogen-bond acceptors (Lipinski definition) is 4. The van der Waals surface area contributed by atoms with Crippen molar-refractivity contribution in [1.82, 2.24) is 0 Å². The van der Waals surface area contributed by atoms with E-state index >= 15 is 0 Å². The minimum atomic E-state index is -0.299. The van der Waals surface area contributed by atoms with Crippen LogP contribution in [-0.2, 0) is 14.3 Å². The summed E-state index contributed by atoms with van der Waals surface area (Å²) in [6.45, 7) is 12.8. The molecule has 0 amide bonds. The lowest BCUT2D eigenvalue weighted by atomic mass is 9.91. The third kappa shape index (κ3) is 6.60. The number of cyclic esters (lactones) is 1. The minimum Gasteiger partial charge on any atom is -0.462 e. The predicted molar refractivity (Wildman–Crippen MR) is 125 cm³/mol. The molecule has 1 aliphatic rings. The van der Waals surface area contributed by atoms with E-state index in [1.54, 1.807) is 7.11 Å². The van der Waals surface area contributed by atoms with Crippen molar-refractivity contribution in [3.8, 4) is 0 Å². The summed E-state index contributed by atoms with van der Waals surface area (Å²) in [6, 6.07) is 6.26. The molecule has 0 saturated carbocycles. The molecule has 0 aromatic heterocycles. The Labute approximate surface area is 183 Å². The average Bonchev–Trinajstić information content (AvgIpc) is 2.73. The molecule has 1 fully saturated rings. The number of nitrogens with one attached hydrogen (secondary N) is 1. The van der Waals surface area contributed by atoms with E-state index < -0.39 is 0 Å². The largest absolute Gasteiger partial charge is 0.462 e. The maximum atomic E-state index is 12.7. The fraction of sp³-hybridized carbons (Fsp3) is 0.654. The van der Waals surface area contributed by atoms with Gasteiger partial charge in [0.15, 0.2) is 0 Å². The number of ether oxygens (including phenoxy) is 2. The number of para-hydroxylation sites is 1. The maximum Gasteiger partial charge on any atom is 0.315 e. The molecule has 1 aliphatic heterocycles. The second-order valence-corrected chi connectivity index (χ2v) is 8.89. The lowest BCUT2D eigenvalue weighted by Gasteiger charge is -2.31. The Hall–Kier alpha value is -1.81. The summed E-state index contributed by atoms with van der Waals surface area (Å²) in [5.41, 5.74) is 4.02. The summed E-state index contributed by atoms with van der Waals surface area (Å²) in [4.78, 5) is 12.7. The zero-order valence-electron chi connectivity index (χ0n) is 19.6. The number of anilines is 1. The van der Waals surface area contributed by atoms with Crippen LogP contribution in [0.2, 0.25) is 0 Å². The van der Waals surface area contributed by atoms with Gasteiger partial charge in [0.25, 0.3) is 0 Å². The molecule has 168 valence electrons. The van der Waals surface area contributed by atoms with Crippen molar-refractivity contribution in [3.05, 3.63) is 41.6 Å². The normalized spacial score (nSPS) is 20.1. The van der Waals surface area contributed by atoms with E-state index in [4.69, 9.17) is 9.47 Å². The van der Waals surface area contributed by atoms with Crippen molar-refractivity contribution in [1.29, 1.82) is 0 Å². The molecule has 3 unspecified atom stereocenters. The third-order valence-corrected chi connectivity index (χ3v) is 6.22. The first-order valence-corrected chi connectivity index (χ1v) is 11.7. The van der Waals surface area contributed by atoms with E-state index in [0.29, 0.717) is 5.92 Å². The minimum absolute atomic E-state index is 0.0469. The van der Waals surface area contributed by atoms with Crippen LogP contribution in [0.15, 0.2) is 30.5 Å². The molecule has 1 saturated heterocycles. The van der Waals surface area contributed by atoms with Gasteiger partial charge in [-0.25, -0.2) is 0 Å². The molecule has 0 bridgehead atoms. The topological polar surface area (TPSA) is 47.6 Å². The molecule has 0 radical (unpaired) electrons. The van der Waals surface area contributed by atoms with Crippen molar-refractivity contribution in [2.75, 3.05) is 12.4 Å². The van der Waals surface area contributed by atoms with Gasteiger partial charge in [-0.2, -0.15) is 0 Å². The number of carbonyl (C=O) groups is 1. The van der Waals surface area contributed by atoms with Crippen molar-refractivity contribution in [2.24, 2.45) is 5.92 Å². The molecule has 1 aromatic carbocycles. The first-order chi connectivity index (χ1) is 14.4. The third-order valence-electron chi connectivity index (χ3n) is 6.22. The molecular formula is C26H41NO3. The molecular weight excluding hydrogens is 374 g/mol. The fourth-order valence-electron chi connectivity index (χ4n) is 4.20. The molecule has 30 heavy (non-hydrogen) atoms. The van der Waals surface area contributed by atoms with Gasteiger partial charge in [-0.15, -0.1) is 0 Å². The summed E-state index contributed by atoms with van der Waals surface area (Å²) >= 11 is 0. The van der Waals surface area contributed by atoms with E-state index in [9.17, 15) is 4.79 Å². The Morgan fingerprint density at radius 2 is 1.87 bits per heavy atom. The van der Waals surface area contributed by atoms with Crippen molar-refractivity contribution < 1.29 is 14.3 Å². The molecule has 0 aliphatic carbocycles. The first kappa shape index (κ1) is 24.5. The summed E-state index contributed by atoms with van der Waals surface area (Å²) in [6.07, 6.45) is 8.89. The molecule has 1 aromatic rings. The average molecular weight is 416 g/mol. The molecule has 3 atom stereocenters. The molecule has 4 nitrogen and oxygen atoms in total. The van der Waals surface area contributed by atoms with Gasteiger partial charge in [-0.3, -0.25) is 4.79 Å². The number of esters is 1. The van der Waals surface area contributed by atoms with Crippen molar-refractivity contribution in [3.63, 3.8) is 0 Å². The van der Waals surface area contributed by atoms with Gasteiger partial charge >= 0.3 is 5.97 Å². The van der Waals surface area contributed by atoms with Crippen LogP contribution in [0, 0.1) is 5.92 Å². The highest BCUT2D eigenvalue weighted by atomic mass is 16.5. The number of hydrogen-bond donors (Lipinski definition) is 1. The van der Waals surface area contributed by atoms with Crippen LogP contribution in [0.25, 0.3) is 0 Å². The lowest BCUT2D eigenvalue weighted by molar-refractivity contribution is -0.158. The van der Waals surface area contributed by atoms with Crippen molar-refractivity contribution in [2.45, 2.75) is 97.2 Å². The predicted octanol–water partition coefficient (Wildman–Crippen LogP) is 7.13. The Kier molecular flexibility index (Phi) is 9.90. The van der Waals surface area contributed by atoms with Gasteiger partial charge in [0, 0.05) is 24.1 Å². The molecule has 4 heteroatoms. The zero-order valence-corrected chi connectivity index (χ0v) is 19.6. The number of benzene rings is 1. The molecule has 1 N–H and O–H groups in total. The highest BCUT2D eigenvalue weighted by Crippen LogP contribution is 2.36. The summed E-state index contributed by atoms with van der Waals surface area (Å²) in [5.74, 6) is -0.0901. The van der Waals surface area contributed by atoms with E-state index in [1.165, 1.54) is 31.2 Å². The second-order valence-electron chi connectivity index (χ2n) is 8.89. The summed E-state index contributed by atoms with van der Waals surface area (Å²) in [7, 11) is 1.71. The zero-order chi connectivity index (χ0) is 22.1. The number of carbonyl (C=O) groups excluding carboxylic acids is 1. The first-order valence-electron chi connectivity index (χ1n) is 11.7. The van der Waals surface area contributed by atoms with Gasteiger partial charge in [-0.05, 0) is 44.1 Å². The van der Waals surface area contributed by atoms with Gasteiger partial charge in [0.1, 0.15) is 6.10 Å². The summed E-state index contributed by atoms with van der Waals surface area (Å²) < 4.78 is 11.4. The smallest absolute Gasteiger partial charge is 0.315 e. The van der Waals surface area contributed by atoms with Crippen LogP contribution >= 0.6 is 0 Å².